The monoisotopic (exact) mass is 494 g/mol. The van der Waals surface area contributed by atoms with Crippen LogP contribution in [0.2, 0.25) is 0 Å². The molecule has 2 aliphatic rings. The molecule has 1 fully saturated rings. The van der Waals surface area contributed by atoms with Crippen molar-refractivity contribution in [1.82, 2.24) is 9.62 Å². The molecule has 0 aliphatic carbocycles. The molecule has 5 rings (SSSR count). The number of sulfonamides is 1. The lowest BCUT2D eigenvalue weighted by atomic mass is 10.1. The van der Waals surface area contributed by atoms with Gasteiger partial charge in [0.25, 0.3) is 0 Å². The van der Waals surface area contributed by atoms with Crippen LogP contribution >= 0.6 is 0 Å². The van der Waals surface area contributed by atoms with Crippen LogP contribution in [0.5, 0.6) is 17.2 Å². The molecule has 1 atom stereocenters. The first kappa shape index (κ1) is 23.7. The van der Waals surface area contributed by atoms with Crippen LogP contribution in [0.1, 0.15) is 6.42 Å². The van der Waals surface area contributed by atoms with E-state index in [1.807, 2.05) is 60.7 Å². The molecule has 35 heavy (non-hydrogen) atoms. The van der Waals surface area contributed by atoms with Gasteiger partial charge in [-0.2, -0.15) is 0 Å². The standard InChI is InChI=1S/C27H30N2O5S/c30-35(31,24-11-9-23(10-12-24)22-5-2-1-3-6-22)28-19-21-13-14-29(20-21)15-16-32-25-7-4-8-26-27(25)34-18-17-33-26/h1-12,21,28H,13-20H2. The minimum Gasteiger partial charge on any atom is -0.488 e. The van der Waals surface area contributed by atoms with E-state index in [0.717, 1.165) is 42.9 Å². The average molecular weight is 495 g/mol. The van der Waals surface area contributed by atoms with E-state index in [4.69, 9.17) is 14.2 Å². The van der Waals surface area contributed by atoms with E-state index in [-0.39, 0.29) is 10.8 Å². The van der Waals surface area contributed by atoms with Crippen molar-refractivity contribution in [3.05, 3.63) is 72.8 Å². The number of ether oxygens (including phenoxy) is 3. The zero-order chi connectivity index (χ0) is 24.1. The molecule has 0 spiro atoms. The van der Waals surface area contributed by atoms with Gasteiger partial charge < -0.3 is 14.2 Å². The van der Waals surface area contributed by atoms with Crippen molar-refractivity contribution in [2.45, 2.75) is 11.3 Å². The third-order valence-electron chi connectivity index (χ3n) is 6.40. The first-order valence-electron chi connectivity index (χ1n) is 12.0. The van der Waals surface area contributed by atoms with E-state index >= 15 is 0 Å². The SMILES string of the molecule is O=S(=O)(NCC1CCN(CCOc2cccc3c2OCCO3)C1)c1ccc(-c2ccccc2)cc1. The van der Waals surface area contributed by atoms with Gasteiger partial charge in [-0.25, -0.2) is 13.1 Å². The summed E-state index contributed by atoms with van der Waals surface area (Å²) in [7, 11) is -3.54. The van der Waals surface area contributed by atoms with Crippen LogP contribution in [0.3, 0.4) is 0 Å². The number of para-hydroxylation sites is 1. The molecule has 2 heterocycles. The Morgan fingerprint density at radius 2 is 1.69 bits per heavy atom. The van der Waals surface area contributed by atoms with Crippen LogP contribution < -0.4 is 18.9 Å². The van der Waals surface area contributed by atoms with Gasteiger partial charge in [0.1, 0.15) is 19.8 Å². The number of fused-ring (bicyclic) bond motifs is 1. The molecule has 0 radical (unpaired) electrons. The summed E-state index contributed by atoms with van der Waals surface area (Å²) in [6.07, 6.45) is 0.952. The fourth-order valence-corrected chi connectivity index (χ4v) is 5.61. The van der Waals surface area contributed by atoms with Crippen LogP contribution in [0.15, 0.2) is 77.7 Å². The Balaban J connectivity index is 1.08. The number of hydrogen-bond acceptors (Lipinski definition) is 6. The smallest absolute Gasteiger partial charge is 0.240 e. The van der Waals surface area contributed by atoms with Gasteiger partial charge >= 0.3 is 0 Å². The van der Waals surface area contributed by atoms with Gasteiger partial charge in [-0.05, 0) is 54.3 Å². The van der Waals surface area contributed by atoms with Crippen molar-refractivity contribution in [2.75, 3.05) is 46.0 Å². The molecule has 1 saturated heterocycles. The Labute approximate surface area is 206 Å². The molecule has 8 heteroatoms. The highest BCUT2D eigenvalue weighted by Crippen LogP contribution is 2.38. The Morgan fingerprint density at radius 1 is 0.914 bits per heavy atom. The van der Waals surface area contributed by atoms with Crippen molar-refractivity contribution in [2.24, 2.45) is 5.92 Å². The summed E-state index contributed by atoms with van der Waals surface area (Å²) < 4.78 is 45.6. The number of nitrogens with one attached hydrogen (secondary N) is 1. The van der Waals surface area contributed by atoms with Crippen LogP contribution in [0, 0.1) is 5.92 Å². The molecule has 1 unspecified atom stereocenters. The van der Waals surface area contributed by atoms with Crippen molar-refractivity contribution in [1.29, 1.82) is 0 Å². The Kier molecular flexibility index (Phi) is 7.22. The molecule has 7 nitrogen and oxygen atoms in total. The van der Waals surface area contributed by atoms with E-state index in [0.29, 0.717) is 37.9 Å². The highest BCUT2D eigenvalue weighted by atomic mass is 32.2. The summed E-state index contributed by atoms with van der Waals surface area (Å²) in [5, 5.41) is 0. The third kappa shape index (κ3) is 5.78. The van der Waals surface area contributed by atoms with Crippen molar-refractivity contribution < 1.29 is 22.6 Å². The molecule has 3 aromatic rings. The quantitative estimate of drug-likeness (QED) is 0.488. The summed E-state index contributed by atoms with van der Waals surface area (Å²) in [6, 6.07) is 22.6. The van der Waals surface area contributed by atoms with E-state index in [2.05, 4.69) is 9.62 Å². The summed E-state index contributed by atoms with van der Waals surface area (Å²) in [4.78, 5) is 2.60. The number of nitrogens with zero attached hydrogens (tertiary/aromatic N) is 1. The van der Waals surface area contributed by atoms with Gasteiger partial charge in [-0.3, -0.25) is 4.90 Å². The first-order chi connectivity index (χ1) is 17.1. The predicted octanol–water partition coefficient (Wildman–Crippen LogP) is 3.80. The van der Waals surface area contributed by atoms with E-state index in [1.165, 1.54) is 0 Å². The second kappa shape index (κ2) is 10.7. The minimum atomic E-state index is -3.54. The van der Waals surface area contributed by atoms with Crippen molar-refractivity contribution in [3.63, 3.8) is 0 Å². The number of hydrogen-bond donors (Lipinski definition) is 1. The van der Waals surface area contributed by atoms with Crippen LogP contribution in [-0.2, 0) is 10.0 Å². The predicted molar refractivity (Wildman–Crippen MR) is 135 cm³/mol. The minimum absolute atomic E-state index is 0.273. The number of benzene rings is 3. The molecule has 1 N–H and O–H groups in total. The Morgan fingerprint density at radius 3 is 2.51 bits per heavy atom. The molecule has 184 valence electrons. The zero-order valence-electron chi connectivity index (χ0n) is 19.6. The van der Waals surface area contributed by atoms with E-state index in [9.17, 15) is 8.42 Å². The second-order valence-corrected chi connectivity index (χ2v) is 10.6. The Bertz CT molecular complexity index is 1230. The summed E-state index contributed by atoms with van der Waals surface area (Å²) in [6.45, 7) is 4.57. The lowest BCUT2D eigenvalue weighted by Gasteiger charge is -2.22. The fraction of sp³-hybridized carbons (Fsp3) is 0.333. The topological polar surface area (TPSA) is 77.1 Å². The lowest BCUT2D eigenvalue weighted by molar-refractivity contribution is 0.158. The zero-order valence-corrected chi connectivity index (χ0v) is 20.4. The van der Waals surface area contributed by atoms with E-state index < -0.39 is 10.0 Å². The second-order valence-electron chi connectivity index (χ2n) is 8.83. The van der Waals surface area contributed by atoms with Gasteiger partial charge in [0, 0.05) is 19.6 Å². The van der Waals surface area contributed by atoms with Gasteiger partial charge in [0.05, 0.1) is 4.90 Å². The summed E-state index contributed by atoms with van der Waals surface area (Å²) >= 11 is 0. The molecule has 0 amide bonds. The Hall–Kier alpha value is -3.07. The van der Waals surface area contributed by atoms with E-state index in [1.54, 1.807) is 12.1 Å². The molecular formula is C27H30N2O5S. The molecule has 0 aromatic heterocycles. The molecule has 0 saturated carbocycles. The fourth-order valence-electron chi connectivity index (χ4n) is 4.50. The first-order valence-corrected chi connectivity index (χ1v) is 13.5. The van der Waals surface area contributed by atoms with Crippen LogP contribution in [0.25, 0.3) is 11.1 Å². The van der Waals surface area contributed by atoms with Gasteiger partial charge in [0.15, 0.2) is 11.5 Å². The molecular weight excluding hydrogens is 464 g/mol. The normalized spacial score (nSPS) is 17.9. The number of rotatable bonds is 9. The maximum atomic E-state index is 12.8. The van der Waals surface area contributed by atoms with Gasteiger partial charge in [-0.15, -0.1) is 0 Å². The maximum absolute atomic E-state index is 12.8. The van der Waals surface area contributed by atoms with Gasteiger partial charge in [-0.1, -0.05) is 48.5 Å². The van der Waals surface area contributed by atoms with Crippen LogP contribution in [0.4, 0.5) is 0 Å². The summed E-state index contributed by atoms with van der Waals surface area (Å²) in [5.74, 6) is 2.36. The largest absolute Gasteiger partial charge is 0.488 e. The highest BCUT2D eigenvalue weighted by Gasteiger charge is 2.25. The van der Waals surface area contributed by atoms with Crippen molar-refractivity contribution in [3.8, 4) is 28.4 Å². The third-order valence-corrected chi connectivity index (χ3v) is 7.84. The van der Waals surface area contributed by atoms with Crippen LogP contribution in [-0.4, -0.2) is 59.3 Å². The highest BCUT2D eigenvalue weighted by molar-refractivity contribution is 7.89. The average Bonchev–Trinajstić information content (AvgIpc) is 3.36. The molecule has 3 aromatic carbocycles. The van der Waals surface area contributed by atoms with Crippen molar-refractivity contribution >= 4 is 10.0 Å². The summed E-state index contributed by atoms with van der Waals surface area (Å²) in [5.41, 5.74) is 2.06. The lowest BCUT2D eigenvalue weighted by Crippen LogP contribution is -2.32. The maximum Gasteiger partial charge on any atom is 0.240 e. The number of likely N-dealkylation sites (tertiary alicyclic amines) is 1. The molecule has 0 bridgehead atoms. The molecule has 2 aliphatic heterocycles. The van der Waals surface area contributed by atoms with Gasteiger partial charge in [0.2, 0.25) is 15.8 Å².